The van der Waals surface area contributed by atoms with E-state index in [1.807, 2.05) is 18.2 Å². The topological polar surface area (TPSA) is 32.6 Å². The van der Waals surface area contributed by atoms with E-state index in [1.165, 1.54) is 31.0 Å². The molecule has 0 aliphatic carbocycles. The van der Waals surface area contributed by atoms with Gasteiger partial charge in [-0.15, -0.1) is 0 Å². The molecule has 0 aliphatic rings. The van der Waals surface area contributed by atoms with E-state index in [9.17, 15) is 5.11 Å². The molecule has 1 aromatic rings. The fraction of sp³-hybridized carbons (Fsp3) is 0.455. The Balaban J connectivity index is 2.78. The first kappa shape index (κ1) is 11.8. The van der Waals surface area contributed by atoms with E-state index in [1.54, 1.807) is 6.07 Å². The van der Waals surface area contributed by atoms with Crippen LogP contribution in [0.1, 0.15) is 37.8 Å². The summed E-state index contributed by atoms with van der Waals surface area (Å²) in [5, 5.41) is 9.66. The zero-order valence-corrected chi connectivity index (χ0v) is 10.9. The summed E-state index contributed by atoms with van der Waals surface area (Å²) in [4.78, 5) is 0. The number of hydrogen-bond donors (Lipinski definition) is 1. The second-order valence-electron chi connectivity index (χ2n) is 3.35. The van der Waals surface area contributed by atoms with Gasteiger partial charge in [0.15, 0.2) is 0 Å². The third-order valence-electron chi connectivity index (χ3n) is 2.28. The number of hydrogen-bond acceptors (Lipinski definition) is 2. The van der Waals surface area contributed by atoms with Crippen LogP contribution < -0.4 is 0 Å². The SMILES string of the molecule is CCCCC([N]=[Zr])c1ccccc1O. The predicted octanol–water partition coefficient (Wildman–Crippen LogP) is 3.35. The Hall–Kier alpha value is -0.297. The molecular formula is C11H15NOZr. The maximum absolute atomic E-state index is 9.66. The molecule has 0 bridgehead atoms. The number of benzene rings is 1. The first-order valence-electron chi connectivity index (χ1n) is 4.94. The zero-order valence-electron chi connectivity index (χ0n) is 8.40. The number of aromatic hydroxyl groups is 1. The van der Waals surface area contributed by atoms with Gasteiger partial charge in [0, 0.05) is 0 Å². The Bertz CT molecular complexity index is 301. The van der Waals surface area contributed by atoms with Crippen molar-refractivity contribution in [3.8, 4) is 5.75 Å². The minimum absolute atomic E-state index is 0.189. The molecule has 1 aromatic carbocycles. The van der Waals surface area contributed by atoms with E-state index >= 15 is 0 Å². The van der Waals surface area contributed by atoms with Crippen LogP contribution in [0.3, 0.4) is 0 Å². The molecule has 0 saturated carbocycles. The fourth-order valence-corrected chi connectivity index (χ4v) is 2.12. The average Bonchev–Trinajstić information content (AvgIpc) is 2.21. The van der Waals surface area contributed by atoms with Crippen molar-refractivity contribution in [3.63, 3.8) is 0 Å². The standard InChI is InChI=1S/C11H15NO.Zr/c1-2-3-7-10(12)9-6-4-5-8-11(9)13;/h4-6,8,10,13H,2-3,7H2,1H3;. The molecule has 2 nitrogen and oxygen atoms in total. The molecule has 1 N–H and O–H groups in total. The van der Waals surface area contributed by atoms with Gasteiger partial charge in [-0.1, -0.05) is 0 Å². The van der Waals surface area contributed by atoms with Crippen LogP contribution in [0.15, 0.2) is 27.1 Å². The van der Waals surface area contributed by atoms with Crippen LogP contribution in [0.2, 0.25) is 0 Å². The molecule has 0 amide bonds. The van der Waals surface area contributed by atoms with Crippen molar-refractivity contribution in [1.29, 1.82) is 0 Å². The Morgan fingerprint density at radius 1 is 1.43 bits per heavy atom. The number of unbranched alkanes of at least 4 members (excludes halogenated alkanes) is 1. The number of nitrogens with zero attached hydrogens (tertiary/aromatic N) is 1. The van der Waals surface area contributed by atoms with Crippen molar-refractivity contribution in [2.45, 2.75) is 32.2 Å². The van der Waals surface area contributed by atoms with Gasteiger partial charge in [-0.25, -0.2) is 0 Å². The van der Waals surface area contributed by atoms with E-state index in [0.29, 0.717) is 5.75 Å². The molecular weight excluding hydrogens is 253 g/mol. The monoisotopic (exact) mass is 267 g/mol. The molecule has 3 heteroatoms. The Morgan fingerprint density at radius 2 is 2.14 bits per heavy atom. The summed E-state index contributed by atoms with van der Waals surface area (Å²) in [5.41, 5.74) is 0.970. The number of rotatable bonds is 5. The van der Waals surface area contributed by atoms with E-state index < -0.39 is 0 Å². The maximum atomic E-state index is 9.66. The molecule has 0 saturated heterocycles. The van der Waals surface area contributed by atoms with E-state index in [4.69, 9.17) is 0 Å². The predicted molar refractivity (Wildman–Crippen MR) is 52.8 cm³/mol. The molecule has 1 unspecified atom stereocenters. The van der Waals surface area contributed by atoms with E-state index in [0.717, 1.165) is 18.4 Å². The average molecular weight is 268 g/mol. The van der Waals surface area contributed by atoms with Crippen LogP contribution >= 0.6 is 0 Å². The fourth-order valence-electron chi connectivity index (χ4n) is 1.46. The van der Waals surface area contributed by atoms with Gasteiger partial charge in [0.2, 0.25) is 0 Å². The van der Waals surface area contributed by atoms with Crippen molar-refractivity contribution in [3.05, 3.63) is 29.8 Å². The quantitative estimate of drug-likeness (QED) is 0.872. The van der Waals surface area contributed by atoms with Crippen molar-refractivity contribution in [2.24, 2.45) is 2.87 Å². The molecule has 1 rings (SSSR count). The molecule has 0 radical (unpaired) electrons. The van der Waals surface area contributed by atoms with E-state index in [2.05, 4.69) is 9.80 Å². The zero-order chi connectivity index (χ0) is 10.4. The second kappa shape index (κ2) is 6.24. The van der Waals surface area contributed by atoms with Gasteiger partial charge in [-0.2, -0.15) is 0 Å². The normalized spacial score (nSPS) is 12.3. The number of phenolic OH excluding ortho intramolecular Hbond substituents is 1. The van der Waals surface area contributed by atoms with Crippen LogP contribution in [0.25, 0.3) is 0 Å². The molecule has 0 fully saturated rings. The van der Waals surface area contributed by atoms with Crippen molar-refractivity contribution in [1.82, 2.24) is 0 Å². The summed E-state index contributed by atoms with van der Waals surface area (Å²) in [5.74, 6) is 0.375. The van der Waals surface area contributed by atoms with Crippen LogP contribution in [0.5, 0.6) is 5.75 Å². The Kier molecular flexibility index (Phi) is 5.25. The minimum atomic E-state index is 0.189. The van der Waals surface area contributed by atoms with Crippen LogP contribution in [0.4, 0.5) is 0 Å². The molecule has 74 valence electrons. The summed E-state index contributed by atoms with van der Waals surface area (Å²) >= 11 is 1.18. The van der Waals surface area contributed by atoms with Crippen molar-refractivity contribution >= 4 is 0 Å². The van der Waals surface area contributed by atoms with Gasteiger partial charge >= 0.3 is 100 Å². The first-order chi connectivity index (χ1) is 6.79. The van der Waals surface area contributed by atoms with Gasteiger partial charge in [0.1, 0.15) is 0 Å². The van der Waals surface area contributed by atoms with Crippen molar-refractivity contribution < 1.29 is 29.7 Å². The van der Waals surface area contributed by atoms with Crippen LogP contribution in [0, 0.1) is 0 Å². The van der Waals surface area contributed by atoms with Crippen molar-refractivity contribution in [2.75, 3.05) is 0 Å². The molecule has 0 aromatic heterocycles. The van der Waals surface area contributed by atoms with Crippen LogP contribution in [-0.4, -0.2) is 5.11 Å². The molecule has 14 heavy (non-hydrogen) atoms. The molecule has 0 heterocycles. The Morgan fingerprint density at radius 3 is 2.71 bits per heavy atom. The summed E-state index contributed by atoms with van der Waals surface area (Å²) in [7, 11) is 0. The van der Waals surface area contributed by atoms with Crippen LogP contribution in [-0.2, 0) is 24.6 Å². The number of para-hydroxylation sites is 1. The van der Waals surface area contributed by atoms with Gasteiger partial charge in [0.25, 0.3) is 0 Å². The molecule has 0 spiro atoms. The first-order valence-corrected chi connectivity index (χ1v) is 6.04. The van der Waals surface area contributed by atoms with E-state index in [-0.39, 0.29) is 6.04 Å². The molecule has 0 aliphatic heterocycles. The number of phenols is 1. The summed E-state index contributed by atoms with van der Waals surface area (Å²) in [6.45, 7) is 2.17. The second-order valence-corrected chi connectivity index (χ2v) is 3.98. The van der Waals surface area contributed by atoms with Gasteiger partial charge in [-0.05, 0) is 0 Å². The van der Waals surface area contributed by atoms with Gasteiger partial charge in [0.05, 0.1) is 0 Å². The summed E-state index contributed by atoms with van der Waals surface area (Å²) in [6, 6.07) is 7.68. The third-order valence-corrected chi connectivity index (χ3v) is 3.05. The summed E-state index contributed by atoms with van der Waals surface area (Å²) in [6.07, 6.45) is 3.38. The molecule has 1 atom stereocenters. The summed E-state index contributed by atoms with van der Waals surface area (Å²) < 4.78 is 4.39. The third kappa shape index (κ3) is 3.13. The van der Waals surface area contributed by atoms with Gasteiger partial charge in [-0.3, -0.25) is 0 Å². The van der Waals surface area contributed by atoms with Gasteiger partial charge < -0.3 is 0 Å². The Labute approximate surface area is 100 Å².